The third-order valence-electron chi connectivity index (χ3n) is 2.47. The summed E-state index contributed by atoms with van der Waals surface area (Å²) in [6.07, 6.45) is 3.09. The quantitative estimate of drug-likeness (QED) is 0.686. The van der Waals surface area contributed by atoms with Crippen molar-refractivity contribution in [2.24, 2.45) is 0 Å². The van der Waals surface area contributed by atoms with Gasteiger partial charge in [0.15, 0.2) is 13.3 Å². The smallest absolute Gasteiger partial charge is 0.300 e. The third-order valence-corrected chi connectivity index (χ3v) is 6.71. The van der Waals surface area contributed by atoms with Crippen LogP contribution < -0.4 is 11.2 Å². The first-order chi connectivity index (χ1) is 10.6. The molecule has 1 rings (SSSR count). The molecule has 0 bridgehead atoms. The Labute approximate surface area is 134 Å². The summed E-state index contributed by atoms with van der Waals surface area (Å²) < 4.78 is 45.1. The van der Waals surface area contributed by atoms with Gasteiger partial charge in [0.25, 0.3) is 5.56 Å². The SMILES string of the molecule is Cc1cn(CC/C=C/P(=O)(O[P+](C)=O)O[P+](C)=O)c(=O)[nH]c1=O. The van der Waals surface area contributed by atoms with E-state index in [1.54, 1.807) is 6.92 Å². The fourth-order valence-corrected chi connectivity index (χ4v) is 5.39. The maximum Gasteiger partial charge on any atom is 0.514 e. The normalized spacial score (nSPS) is 15.4. The molecular weight excluding hydrogens is 365 g/mol. The molecule has 1 heterocycles. The van der Waals surface area contributed by atoms with Crippen molar-refractivity contribution >= 4 is 23.7 Å². The highest BCUT2D eigenvalue weighted by Crippen LogP contribution is 2.60. The molecule has 2 unspecified atom stereocenters. The Kier molecular flexibility index (Phi) is 7.39. The first kappa shape index (κ1) is 19.8. The van der Waals surface area contributed by atoms with Gasteiger partial charge in [0.05, 0.1) is 0 Å². The molecule has 0 spiro atoms. The van der Waals surface area contributed by atoms with Gasteiger partial charge in [-0.3, -0.25) is 9.78 Å². The Morgan fingerprint density at radius 3 is 2.35 bits per heavy atom. The van der Waals surface area contributed by atoms with Crippen molar-refractivity contribution in [1.29, 1.82) is 0 Å². The average Bonchev–Trinajstić information content (AvgIpc) is 2.38. The maximum atomic E-state index is 12.2. The molecule has 9 nitrogen and oxygen atoms in total. The van der Waals surface area contributed by atoms with Gasteiger partial charge in [-0.1, -0.05) is 6.08 Å². The van der Waals surface area contributed by atoms with Gasteiger partial charge in [-0.15, -0.1) is 0 Å². The highest BCUT2D eigenvalue weighted by molar-refractivity contribution is 7.68. The van der Waals surface area contributed by atoms with Crippen molar-refractivity contribution in [2.75, 3.05) is 13.3 Å². The van der Waals surface area contributed by atoms with E-state index in [0.29, 0.717) is 5.56 Å². The van der Waals surface area contributed by atoms with Crippen LogP contribution >= 0.6 is 23.7 Å². The number of hydrogen-bond donors (Lipinski definition) is 1. The lowest BCUT2D eigenvalue weighted by Gasteiger charge is -2.03. The van der Waals surface area contributed by atoms with Gasteiger partial charge in [0, 0.05) is 24.1 Å². The lowest BCUT2D eigenvalue weighted by molar-refractivity contribution is 0.405. The fraction of sp³-hybridized carbons (Fsp3) is 0.455. The number of aromatic amines is 1. The van der Waals surface area contributed by atoms with E-state index < -0.39 is 34.9 Å². The first-order valence-electron chi connectivity index (χ1n) is 6.42. The summed E-state index contributed by atoms with van der Waals surface area (Å²) in [5, 5.41) is 0. The van der Waals surface area contributed by atoms with Crippen LogP contribution in [0.3, 0.4) is 0 Å². The minimum atomic E-state index is -3.88. The number of nitrogens with zero attached hydrogens (tertiary/aromatic N) is 1. The van der Waals surface area contributed by atoms with Gasteiger partial charge in [0.1, 0.15) is 0 Å². The lowest BCUT2D eigenvalue weighted by Crippen LogP contribution is -2.30. The molecule has 1 aromatic heterocycles. The second-order valence-electron chi connectivity index (χ2n) is 4.52. The van der Waals surface area contributed by atoms with Crippen molar-refractivity contribution < 1.29 is 22.3 Å². The number of allylic oxidation sites excluding steroid dienone is 1. The van der Waals surface area contributed by atoms with E-state index in [1.807, 2.05) is 0 Å². The van der Waals surface area contributed by atoms with Gasteiger partial charge in [-0.05, 0) is 31.1 Å². The van der Waals surface area contributed by atoms with Gasteiger partial charge in [-0.2, -0.15) is 0 Å². The average molecular weight is 382 g/mol. The Bertz CT molecular complexity index is 776. The molecule has 0 radical (unpaired) electrons. The van der Waals surface area contributed by atoms with Crippen LogP contribution in [0.25, 0.3) is 0 Å². The van der Waals surface area contributed by atoms with Crippen molar-refractivity contribution in [3.8, 4) is 0 Å². The summed E-state index contributed by atoms with van der Waals surface area (Å²) in [5.74, 6) is 1.06. The summed E-state index contributed by atoms with van der Waals surface area (Å²) in [5.41, 5.74) is -0.624. The molecule has 23 heavy (non-hydrogen) atoms. The standard InChI is InChI=1S/C11H16N2O7P3/c1-9-8-13(11(15)12-10(9)14)6-4-5-7-23(18,19-21(2)16)20-22(3)17/h5,7-8H,4,6H2,1-3H3/q+1/p+1/b7-5+. The van der Waals surface area contributed by atoms with Crippen LogP contribution in [-0.4, -0.2) is 22.9 Å². The van der Waals surface area contributed by atoms with Crippen LogP contribution in [0.1, 0.15) is 12.0 Å². The second kappa shape index (κ2) is 8.57. The molecule has 12 heteroatoms. The zero-order valence-electron chi connectivity index (χ0n) is 12.8. The highest BCUT2D eigenvalue weighted by atomic mass is 31.3. The number of aromatic nitrogens is 2. The monoisotopic (exact) mass is 382 g/mol. The Morgan fingerprint density at radius 1 is 1.26 bits per heavy atom. The van der Waals surface area contributed by atoms with Crippen LogP contribution in [0, 0.1) is 6.92 Å². The molecular formula is C11H17N2O7P3+2. The molecule has 1 aromatic rings. The number of aryl methyl sites for hydroxylation is 2. The van der Waals surface area contributed by atoms with Crippen molar-refractivity contribution in [2.45, 2.75) is 19.9 Å². The van der Waals surface area contributed by atoms with Gasteiger partial charge in [-0.25, -0.2) is 9.36 Å². The predicted octanol–water partition coefficient (Wildman–Crippen LogP) is 2.72. The summed E-state index contributed by atoms with van der Waals surface area (Å²) in [6.45, 7) is 4.18. The predicted molar refractivity (Wildman–Crippen MR) is 86.7 cm³/mol. The van der Waals surface area contributed by atoms with Crippen LogP contribution in [0.4, 0.5) is 0 Å². The van der Waals surface area contributed by atoms with Crippen LogP contribution in [0.15, 0.2) is 27.7 Å². The molecule has 0 fully saturated rings. The molecule has 1 N–H and O–H groups in total. The maximum absolute atomic E-state index is 12.2. The van der Waals surface area contributed by atoms with E-state index in [9.17, 15) is 23.3 Å². The Morgan fingerprint density at radius 2 is 1.83 bits per heavy atom. The van der Waals surface area contributed by atoms with Crippen molar-refractivity contribution in [1.82, 2.24) is 9.55 Å². The number of rotatable bonds is 8. The molecule has 0 aliphatic rings. The van der Waals surface area contributed by atoms with Gasteiger partial charge in [0.2, 0.25) is 0 Å². The van der Waals surface area contributed by atoms with Gasteiger partial charge < -0.3 is 4.57 Å². The van der Waals surface area contributed by atoms with Crippen LogP contribution in [0.5, 0.6) is 0 Å². The van der Waals surface area contributed by atoms with Gasteiger partial charge >= 0.3 is 29.3 Å². The van der Waals surface area contributed by atoms with Crippen molar-refractivity contribution in [3.63, 3.8) is 0 Å². The van der Waals surface area contributed by atoms with E-state index in [2.05, 4.69) is 4.98 Å². The molecule has 2 atom stereocenters. The van der Waals surface area contributed by atoms with E-state index in [-0.39, 0.29) is 13.0 Å². The summed E-state index contributed by atoms with van der Waals surface area (Å²) in [6, 6.07) is 0. The van der Waals surface area contributed by atoms with Crippen LogP contribution in [-0.2, 0) is 28.9 Å². The zero-order valence-corrected chi connectivity index (χ0v) is 15.5. The topological polar surface area (TPSA) is 125 Å². The molecule has 0 aromatic carbocycles. The Balaban J connectivity index is 2.80. The van der Waals surface area contributed by atoms with E-state index in [4.69, 9.17) is 8.62 Å². The number of nitrogens with one attached hydrogen (secondary N) is 1. The van der Waals surface area contributed by atoms with E-state index in [1.165, 1.54) is 30.2 Å². The number of hydrogen-bond acceptors (Lipinski definition) is 7. The first-order valence-corrected chi connectivity index (χ1v) is 11.3. The summed E-state index contributed by atoms with van der Waals surface area (Å²) >= 11 is 0. The van der Waals surface area contributed by atoms with E-state index >= 15 is 0 Å². The summed E-state index contributed by atoms with van der Waals surface area (Å²) in [4.78, 5) is 25.0. The number of H-pyrrole nitrogens is 1. The largest absolute Gasteiger partial charge is 0.514 e. The minimum Gasteiger partial charge on any atom is -0.300 e. The fourth-order valence-electron chi connectivity index (χ4n) is 1.59. The minimum absolute atomic E-state index is 0.212. The van der Waals surface area contributed by atoms with Crippen molar-refractivity contribution in [3.05, 3.63) is 44.5 Å². The zero-order chi connectivity index (χ0) is 17.6. The molecule has 0 aliphatic heterocycles. The molecule has 0 aliphatic carbocycles. The lowest BCUT2D eigenvalue weighted by atomic mass is 10.3. The highest BCUT2D eigenvalue weighted by Gasteiger charge is 2.38. The molecule has 0 amide bonds. The molecule has 0 saturated carbocycles. The Hall–Kier alpha value is -1.23. The molecule has 126 valence electrons. The third kappa shape index (κ3) is 6.81. The van der Waals surface area contributed by atoms with Crippen LogP contribution in [0.2, 0.25) is 0 Å². The molecule has 0 saturated heterocycles. The van der Waals surface area contributed by atoms with E-state index in [0.717, 1.165) is 5.82 Å². The second-order valence-corrected chi connectivity index (χ2v) is 8.96. The summed E-state index contributed by atoms with van der Waals surface area (Å²) in [7, 11) is -8.29.